The molecule has 2 atom stereocenters. The number of nitrogens with one attached hydrogen (secondary N) is 2. The van der Waals surface area contributed by atoms with E-state index in [0.29, 0.717) is 6.54 Å². The van der Waals surface area contributed by atoms with E-state index in [-0.39, 0.29) is 17.7 Å². The van der Waals surface area contributed by atoms with Gasteiger partial charge in [-0.05, 0) is 31.7 Å². The molecule has 2 unspecified atom stereocenters. The van der Waals surface area contributed by atoms with Crippen LogP contribution >= 0.6 is 0 Å². The van der Waals surface area contributed by atoms with E-state index in [0.717, 1.165) is 25.8 Å². The van der Waals surface area contributed by atoms with Gasteiger partial charge in [0.1, 0.15) is 6.04 Å². The number of carbonyl (C=O) groups excluding carboxylic acids is 1. The highest BCUT2D eigenvalue weighted by molar-refractivity contribution is 5.85. The van der Waals surface area contributed by atoms with E-state index in [1.807, 2.05) is 0 Å². The van der Waals surface area contributed by atoms with Crippen LogP contribution in [-0.2, 0) is 9.59 Å². The Kier molecular flexibility index (Phi) is 2.90. The third-order valence-corrected chi connectivity index (χ3v) is 3.09. The molecule has 0 spiro atoms. The maximum absolute atomic E-state index is 11.7. The molecule has 3 N–H and O–H groups in total. The van der Waals surface area contributed by atoms with Crippen LogP contribution in [0.1, 0.15) is 19.3 Å². The highest BCUT2D eigenvalue weighted by atomic mass is 16.4. The molecule has 0 aromatic rings. The summed E-state index contributed by atoms with van der Waals surface area (Å²) >= 11 is 0. The first-order valence-corrected chi connectivity index (χ1v) is 5.42. The van der Waals surface area contributed by atoms with Crippen LogP contribution in [0.5, 0.6) is 0 Å². The summed E-state index contributed by atoms with van der Waals surface area (Å²) in [5.74, 6) is -0.914. The summed E-state index contributed by atoms with van der Waals surface area (Å²) in [6.07, 6.45) is 2.64. The van der Waals surface area contributed by atoms with Crippen LogP contribution in [-0.4, -0.2) is 36.1 Å². The van der Waals surface area contributed by atoms with Crippen molar-refractivity contribution in [3.8, 4) is 0 Å². The summed E-state index contributed by atoms with van der Waals surface area (Å²) in [6, 6.07) is -0.668. The van der Waals surface area contributed by atoms with Gasteiger partial charge in [-0.25, -0.2) is 4.79 Å². The minimum absolute atomic E-state index is 0.0504. The first kappa shape index (κ1) is 10.4. The van der Waals surface area contributed by atoms with Gasteiger partial charge in [-0.15, -0.1) is 0 Å². The van der Waals surface area contributed by atoms with E-state index in [1.54, 1.807) is 0 Å². The third kappa shape index (κ3) is 2.47. The fourth-order valence-electron chi connectivity index (χ4n) is 1.96. The van der Waals surface area contributed by atoms with Crippen molar-refractivity contribution in [3.63, 3.8) is 0 Å². The molecule has 0 radical (unpaired) electrons. The van der Waals surface area contributed by atoms with Gasteiger partial charge >= 0.3 is 5.97 Å². The van der Waals surface area contributed by atoms with Crippen LogP contribution in [0.25, 0.3) is 0 Å². The third-order valence-electron chi connectivity index (χ3n) is 3.09. The Morgan fingerprint density at radius 1 is 1.33 bits per heavy atom. The molecular weight excluding hydrogens is 196 g/mol. The lowest BCUT2D eigenvalue weighted by Crippen LogP contribution is -2.45. The van der Waals surface area contributed by atoms with Gasteiger partial charge in [0.15, 0.2) is 0 Å². The fourth-order valence-corrected chi connectivity index (χ4v) is 1.96. The van der Waals surface area contributed by atoms with Crippen molar-refractivity contribution in [3.05, 3.63) is 0 Å². The molecule has 2 rings (SSSR count). The SMILES string of the molecule is O=C(NC(C(=O)O)C1CC1)C1CCNC1. The van der Waals surface area contributed by atoms with Crippen LogP contribution in [0.3, 0.4) is 0 Å². The average molecular weight is 212 g/mol. The maximum Gasteiger partial charge on any atom is 0.326 e. The highest BCUT2D eigenvalue weighted by Crippen LogP contribution is 2.32. The van der Waals surface area contributed by atoms with Crippen molar-refractivity contribution in [2.24, 2.45) is 11.8 Å². The van der Waals surface area contributed by atoms with Gasteiger partial charge in [0.2, 0.25) is 5.91 Å². The van der Waals surface area contributed by atoms with Gasteiger partial charge in [-0.1, -0.05) is 0 Å². The van der Waals surface area contributed by atoms with Gasteiger partial charge in [0.05, 0.1) is 5.92 Å². The number of hydrogen-bond acceptors (Lipinski definition) is 3. The predicted molar refractivity (Wildman–Crippen MR) is 53.3 cm³/mol. The summed E-state index contributed by atoms with van der Waals surface area (Å²) in [6.45, 7) is 1.52. The standard InChI is InChI=1S/C10H16N2O3/c13-9(7-3-4-11-5-7)12-8(10(14)15)6-1-2-6/h6-8,11H,1-5H2,(H,12,13)(H,14,15). The van der Waals surface area contributed by atoms with Gasteiger partial charge in [0, 0.05) is 6.54 Å². The number of carboxylic acid groups (broad SMARTS) is 1. The van der Waals surface area contributed by atoms with Crippen LogP contribution in [0.15, 0.2) is 0 Å². The molecular formula is C10H16N2O3. The van der Waals surface area contributed by atoms with Gasteiger partial charge in [-0.3, -0.25) is 4.79 Å². The Hall–Kier alpha value is -1.10. The summed E-state index contributed by atoms with van der Waals surface area (Å²) in [4.78, 5) is 22.6. The normalized spacial score (nSPS) is 27.3. The van der Waals surface area contributed by atoms with Gasteiger partial charge < -0.3 is 15.7 Å². The largest absolute Gasteiger partial charge is 0.480 e. The summed E-state index contributed by atoms with van der Waals surface area (Å²) in [5.41, 5.74) is 0. The molecule has 1 amide bonds. The van der Waals surface area contributed by atoms with Crippen molar-refractivity contribution in [1.29, 1.82) is 0 Å². The summed E-state index contributed by atoms with van der Waals surface area (Å²) in [7, 11) is 0. The zero-order valence-electron chi connectivity index (χ0n) is 8.53. The Morgan fingerprint density at radius 3 is 2.53 bits per heavy atom. The second-order valence-corrected chi connectivity index (χ2v) is 4.35. The van der Waals surface area contributed by atoms with Crippen molar-refractivity contribution in [1.82, 2.24) is 10.6 Å². The molecule has 1 saturated carbocycles. The number of carboxylic acids is 1. The van der Waals surface area contributed by atoms with Crippen LogP contribution in [0, 0.1) is 11.8 Å². The zero-order chi connectivity index (χ0) is 10.8. The minimum atomic E-state index is -0.906. The Bertz CT molecular complexity index is 270. The summed E-state index contributed by atoms with van der Waals surface area (Å²) < 4.78 is 0. The van der Waals surface area contributed by atoms with E-state index in [4.69, 9.17) is 5.11 Å². The minimum Gasteiger partial charge on any atom is -0.480 e. The monoisotopic (exact) mass is 212 g/mol. The molecule has 5 heteroatoms. The molecule has 2 aliphatic rings. The molecule has 84 valence electrons. The van der Waals surface area contributed by atoms with Crippen molar-refractivity contribution < 1.29 is 14.7 Å². The summed E-state index contributed by atoms with van der Waals surface area (Å²) in [5, 5.41) is 14.7. The second-order valence-electron chi connectivity index (χ2n) is 4.35. The quantitative estimate of drug-likeness (QED) is 0.591. The molecule has 5 nitrogen and oxygen atoms in total. The number of aliphatic carboxylic acids is 1. The van der Waals surface area contributed by atoms with E-state index in [2.05, 4.69) is 10.6 Å². The molecule has 1 saturated heterocycles. The molecule has 1 aliphatic heterocycles. The van der Waals surface area contributed by atoms with Crippen LogP contribution in [0.2, 0.25) is 0 Å². The lowest BCUT2D eigenvalue weighted by Gasteiger charge is -2.16. The Morgan fingerprint density at radius 2 is 2.07 bits per heavy atom. The van der Waals surface area contributed by atoms with Gasteiger partial charge in [-0.2, -0.15) is 0 Å². The van der Waals surface area contributed by atoms with E-state index in [9.17, 15) is 9.59 Å². The smallest absolute Gasteiger partial charge is 0.326 e. The fraction of sp³-hybridized carbons (Fsp3) is 0.800. The Balaban J connectivity index is 1.87. The Labute approximate surface area is 88.2 Å². The molecule has 15 heavy (non-hydrogen) atoms. The molecule has 2 fully saturated rings. The zero-order valence-corrected chi connectivity index (χ0v) is 8.53. The molecule has 1 heterocycles. The first-order chi connectivity index (χ1) is 7.18. The highest BCUT2D eigenvalue weighted by Gasteiger charge is 2.38. The van der Waals surface area contributed by atoms with Crippen LogP contribution in [0.4, 0.5) is 0 Å². The molecule has 0 aromatic heterocycles. The van der Waals surface area contributed by atoms with Crippen molar-refractivity contribution in [2.75, 3.05) is 13.1 Å². The molecule has 1 aliphatic carbocycles. The lowest BCUT2D eigenvalue weighted by atomic mass is 10.1. The number of amides is 1. The topological polar surface area (TPSA) is 78.4 Å². The average Bonchev–Trinajstić information content (AvgIpc) is 2.87. The molecule has 0 aromatic carbocycles. The van der Waals surface area contributed by atoms with E-state index in [1.165, 1.54) is 0 Å². The number of hydrogen-bond donors (Lipinski definition) is 3. The predicted octanol–water partition coefficient (Wildman–Crippen LogP) is -0.425. The van der Waals surface area contributed by atoms with Crippen LogP contribution < -0.4 is 10.6 Å². The van der Waals surface area contributed by atoms with Gasteiger partial charge in [0.25, 0.3) is 0 Å². The van der Waals surface area contributed by atoms with E-state index < -0.39 is 12.0 Å². The van der Waals surface area contributed by atoms with Crippen molar-refractivity contribution in [2.45, 2.75) is 25.3 Å². The second kappa shape index (κ2) is 4.18. The first-order valence-electron chi connectivity index (χ1n) is 5.42. The lowest BCUT2D eigenvalue weighted by molar-refractivity contribution is -0.143. The number of rotatable bonds is 4. The van der Waals surface area contributed by atoms with E-state index >= 15 is 0 Å². The maximum atomic E-state index is 11.7. The number of carbonyl (C=O) groups is 2. The van der Waals surface area contributed by atoms with Crippen molar-refractivity contribution >= 4 is 11.9 Å². The molecule has 0 bridgehead atoms.